The first-order chi connectivity index (χ1) is 13.7. The van der Waals surface area contributed by atoms with Gasteiger partial charge in [0.25, 0.3) is 0 Å². The Bertz CT molecular complexity index is 1110. The van der Waals surface area contributed by atoms with Gasteiger partial charge in [0.05, 0.1) is 23.6 Å². The number of rotatable bonds is 3. The fourth-order valence-corrected chi connectivity index (χ4v) is 3.65. The molecule has 0 spiro atoms. The van der Waals surface area contributed by atoms with Crippen molar-refractivity contribution in [3.63, 3.8) is 0 Å². The molecular weight excluding hydrogens is 354 g/mol. The summed E-state index contributed by atoms with van der Waals surface area (Å²) in [4.78, 5) is 13.6. The van der Waals surface area contributed by atoms with Crippen LogP contribution in [0.3, 0.4) is 0 Å². The van der Waals surface area contributed by atoms with Gasteiger partial charge in [-0.05, 0) is 45.0 Å². The number of aromatic nitrogens is 5. The first-order valence-electron chi connectivity index (χ1n) is 9.44. The lowest BCUT2D eigenvalue weighted by molar-refractivity contribution is 0.342. The summed E-state index contributed by atoms with van der Waals surface area (Å²) in [5.41, 5.74) is 10.6. The number of fused-ring (bicyclic) bond motifs is 1. The quantitative estimate of drug-likeness (QED) is 0.567. The van der Waals surface area contributed by atoms with Crippen LogP contribution < -0.4 is 11.1 Å². The van der Waals surface area contributed by atoms with Crippen LogP contribution in [0.15, 0.2) is 41.1 Å². The molecule has 8 heteroatoms. The van der Waals surface area contributed by atoms with Gasteiger partial charge in [-0.2, -0.15) is 5.10 Å². The van der Waals surface area contributed by atoms with Crippen molar-refractivity contribution in [1.29, 1.82) is 0 Å². The number of para-hydroxylation sites is 2. The zero-order chi connectivity index (χ0) is 19.1. The molecule has 1 saturated heterocycles. The molecule has 1 aromatic carbocycles. The largest absolute Gasteiger partial charge is 0.435 e. The predicted octanol–water partition coefficient (Wildman–Crippen LogP) is 2.96. The molecule has 0 radical (unpaired) electrons. The molecule has 1 fully saturated rings. The lowest BCUT2D eigenvalue weighted by atomic mass is 10.1. The molecule has 0 amide bonds. The molecule has 0 saturated carbocycles. The van der Waals surface area contributed by atoms with E-state index in [1.807, 2.05) is 31.2 Å². The van der Waals surface area contributed by atoms with Crippen molar-refractivity contribution in [2.45, 2.75) is 25.8 Å². The fraction of sp³-hybridized carbons (Fsp3) is 0.300. The summed E-state index contributed by atoms with van der Waals surface area (Å²) >= 11 is 0. The van der Waals surface area contributed by atoms with Gasteiger partial charge in [-0.3, -0.25) is 4.68 Å². The highest BCUT2D eigenvalue weighted by Gasteiger charge is 2.20. The van der Waals surface area contributed by atoms with E-state index >= 15 is 0 Å². The van der Waals surface area contributed by atoms with E-state index in [0.29, 0.717) is 34.7 Å². The Balaban J connectivity index is 1.55. The first-order valence-corrected chi connectivity index (χ1v) is 9.44. The summed E-state index contributed by atoms with van der Waals surface area (Å²) in [7, 11) is 0. The van der Waals surface area contributed by atoms with E-state index < -0.39 is 0 Å². The molecule has 28 heavy (non-hydrogen) atoms. The highest BCUT2D eigenvalue weighted by atomic mass is 16.3. The third-order valence-electron chi connectivity index (χ3n) is 5.17. The van der Waals surface area contributed by atoms with Gasteiger partial charge >= 0.3 is 0 Å². The minimum absolute atomic E-state index is 0.290. The third kappa shape index (κ3) is 2.91. The van der Waals surface area contributed by atoms with E-state index in [-0.39, 0.29) is 0 Å². The van der Waals surface area contributed by atoms with Crippen LogP contribution >= 0.6 is 0 Å². The number of nitrogen functional groups attached to an aromatic ring is 1. The standard InChI is InChI=1S/C20H21N7O/c1-12-14(11-27(26-12)13-6-8-22-9-7-13)16-10-23-19(21)18(24-16)20-25-15-4-2-3-5-17(15)28-20/h2-5,10-11,13,22H,6-9H2,1H3,(H2,21,23). The molecular formula is C20H21N7O. The third-order valence-corrected chi connectivity index (χ3v) is 5.17. The number of hydrogen-bond donors (Lipinski definition) is 2. The predicted molar refractivity (Wildman–Crippen MR) is 107 cm³/mol. The summed E-state index contributed by atoms with van der Waals surface area (Å²) in [6, 6.07) is 7.99. The smallest absolute Gasteiger partial charge is 0.250 e. The number of nitrogens with zero attached hydrogens (tertiary/aromatic N) is 5. The second-order valence-electron chi connectivity index (χ2n) is 7.07. The lowest BCUT2D eigenvalue weighted by Gasteiger charge is -2.22. The Labute approximate surface area is 161 Å². The summed E-state index contributed by atoms with van der Waals surface area (Å²) in [6.07, 6.45) is 5.88. The maximum atomic E-state index is 6.08. The van der Waals surface area contributed by atoms with Crippen molar-refractivity contribution in [1.82, 2.24) is 30.0 Å². The molecule has 3 aromatic heterocycles. The van der Waals surface area contributed by atoms with Crippen LogP contribution in [0.2, 0.25) is 0 Å². The number of piperidine rings is 1. The number of hydrogen-bond acceptors (Lipinski definition) is 7. The molecule has 0 atom stereocenters. The van der Waals surface area contributed by atoms with Crippen LogP contribution in [-0.2, 0) is 0 Å². The van der Waals surface area contributed by atoms with Gasteiger partial charge in [0, 0.05) is 11.8 Å². The van der Waals surface area contributed by atoms with Gasteiger partial charge < -0.3 is 15.5 Å². The number of nitrogens with one attached hydrogen (secondary N) is 1. The second-order valence-corrected chi connectivity index (χ2v) is 7.07. The van der Waals surface area contributed by atoms with Crippen molar-refractivity contribution in [2.75, 3.05) is 18.8 Å². The molecule has 142 valence electrons. The number of nitrogens with two attached hydrogens (primary N) is 1. The van der Waals surface area contributed by atoms with E-state index in [1.165, 1.54) is 0 Å². The Morgan fingerprint density at radius 3 is 2.82 bits per heavy atom. The van der Waals surface area contributed by atoms with E-state index in [2.05, 4.69) is 26.2 Å². The zero-order valence-electron chi connectivity index (χ0n) is 15.6. The maximum Gasteiger partial charge on any atom is 0.250 e. The Morgan fingerprint density at radius 2 is 2.00 bits per heavy atom. The SMILES string of the molecule is Cc1nn(C2CCNCC2)cc1-c1cnc(N)c(-c2nc3ccccc3o2)n1. The van der Waals surface area contributed by atoms with Gasteiger partial charge in [-0.1, -0.05) is 12.1 Å². The Morgan fingerprint density at radius 1 is 1.18 bits per heavy atom. The summed E-state index contributed by atoms with van der Waals surface area (Å²) in [6.45, 7) is 4.02. The van der Waals surface area contributed by atoms with E-state index in [1.54, 1.807) is 6.20 Å². The molecule has 0 bridgehead atoms. The number of aryl methyl sites for hydroxylation is 1. The van der Waals surface area contributed by atoms with Crippen molar-refractivity contribution < 1.29 is 4.42 Å². The molecule has 0 unspecified atom stereocenters. The second kappa shape index (κ2) is 6.72. The monoisotopic (exact) mass is 375 g/mol. The molecule has 3 N–H and O–H groups in total. The number of oxazole rings is 1. The minimum atomic E-state index is 0.290. The Kier molecular flexibility index (Phi) is 4.05. The molecule has 8 nitrogen and oxygen atoms in total. The van der Waals surface area contributed by atoms with Crippen molar-refractivity contribution in [2.24, 2.45) is 0 Å². The maximum absolute atomic E-state index is 6.08. The summed E-state index contributed by atoms with van der Waals surface area (Å²) in [5.74, 6) is 0.662. The van der Waals surface area contributed by atoms with E-state index in [4.69, 9.17) is 20.2 Å². The van der Waals surface area contributed by atoms with Gasteiger partial charge in [0.2, 0.25) is 5.89 Å². The van der Waals surface area contributed by atoms with Crippen molar-refractivity contribution in [3.8, 4) is 22.8 Å². The van der Waals surface area contributed by atoms with Crippen LogP contribution in [0.1, 0.15) is 24.6 Å². The van der Waals surface area contributed by atoms with Crippen molar-refractivity contribution in [3.05, 3.63) is 42.4 Å². The summed E-state index contributed by atoms with van der Waals surface area (Å²) in [5, 5.41) is 8.11. The molecule has 0 aliphatic carbocycles. The van der Waals surface area contributed by atoms with Crippen LogP contribution in [0.25, 0.3) is 33.9 Å². The molecule has 4 heterocycles. The zero-order valence-corrected chi connectivity index (χ0v) is 15.6. The van der Waals surface area contributed by atoms with E-state index in [0.717, 1.165) is 42.7 Å². The van der Waals surface area contributed by atoms with Crippen LogP contribution in [-0.4, -0.2) is 37.8 Å². The van der Waals surface area contributed by atoms with Crippen molar-refractivity contribution >= 4 is 16.9 Å². The molecule has 1 aliphatic heterocycles. The molecule has 1 aliphatic rings. The van der Waals surface area contributed by atoms with Gasteiger partial charge in [0.15, 0.2) is 17.1 Å². The normalized spacial score (nSPS) is 15.3. The van der Waals surface area contributed by atoms with Crippen LogP contribution in [0.5, 0.6) is 0 Å². The highest BCUT2D eigenvalue weighted by Crippen LogP contribution is 2.30. The Hall–Kier alpha value is -3.26. The van der Waals surface area contributed by atoms with E-state index in [9.17, 15) is 0 Å². The first kappa shape index (κ1) is 16.9. The average molecular weight is 375 g/mol. The van der Waals surface area contributed by atoms with Gasteiger partial charge in [-0.15, -0.1) is 0 Å². The number of anilines is 1. The summed E-state index contributed by atoms with van der Waals surface area (Å²) < 4.78 is 7.89. The van der Waals surface area contributed by atoms with Crippen LogP contribution in [0.4, 0.5) is 5.82 Å². The highest BCUT2D eigenvalue weighted by molar-refractivity contribution is 5.78. The fourth-order valence-electron chi connectivity index (χ4n) is 3.65. The van der Waals surface area contributed by atoms with Crippen LogP contribution in [0, 0.1) is 6.92 Å². The van der Waals surface area contributed by atoms with Gasteiger partial charge in [-0.25, -0.2) is 15.0 Å². The average Bonchev–Trinajstić information content (AvgIpc) is 3.33. The number of benzene rings is 1. The molecule has 5 rings (SSSR count). The lowest BCUT2D eigenvalue weighted by Crippen LogP contribution is -2.29. The minimum Gasteiger partial charge on any atom is -0.435 e. The topological polar surface area (TPSA) is 108 Å². The molecule has 4 aromatic rings. The van der Waals surface area contributed by atoms with Gasteiger partial charge in [0.1, 0.15) is 5.52 Å².